The van der Waals surface area contributed by atoms with Crippen LogP contribution in [0.3, 0.4) is 0 Å². The van der Waals surface area contributed by atoms with Crippen LogP contribution in [-0.4, -0.2) is 82.3 Å². The topological polar surface area (TPSA) is 111 Å². The molecule has 0 fully saturated rings. The van der Waals surface area contributed by atoms with E-state index in [4.69, 9.17) is 18.9 Å². The highest BCUT2D eigenvalue weighted by Crippen LogP contribution is 2.17. The second-order valence-corrected chi connectivity index (χ2v) is 26.2. The summed E-state index contributed by atoms with van der Waals surface area (Å²) in [4.78, 5) is 37.6. The molecule has 2 unspecified atom stereocenters. The summed E-state index contributed by atoms with van der Waals surface area (Å²) in [5.74, 6) is -2.31. The minimum absolute atomic E-state index is 0.136. The zero-order valence-corrected chi connectivity index (χ0v) is 62.4. The van der Waals surface area contributed by atoms with Crippen LogP contribution in [0.15, 0.2) is 194 Å². The molecular weight excluding hydrogens is 1200 g/mol. The van der Waals surface area contributed by atoms with Crippen LogP contribution in [0.5, 0.6) is 0 Å². The molecule has 0 aliphatic rings. The third kappa shape index (κ3) is 77.4. The Morgan fingerprint density at radius 3 is 0.825 bits per heavy atom. The number of ether oxygens (including phenoxy) is 4. The summed E-state index contributed by atoms with van der Waals surface area (Å²) in [6.07, 6.45) is 114. The molecule has 0 radical (unpaired) electrons. The second kappa shape index (κ2) is 75.9. The molecule has 9 nitrogen and oxygen atoms in total. The molecule has 2 atom stereocenters. The Hall–Kier alpha value is -5.87. The van der Waals surface area contributed by atoms with Crippen molar-refractivity contribution in [2.75, 3.05) is 47.5 Å². The summed E-state index contributed by atoms with van der Waals surface area (Å²) in [6, 6.07) is 0. The van der Waals surface area contributed by atoms with E-state index < -0.39 is 24.3 Å². The van der Waals surface area contributed by atoms with Gasteiger partial charge in [0.25, 0.3) is 0 Å². The van der Waals surface area contributed by atoms with Gasteiger partial charge >= 0.3 is 11.9 Å². The molecule has 9 heteroatoms. The van der Waals surface area contributed by atoms with Gasteiger partial charge in [0.2, 0.25) is 0 Å². The zero-order chi connectivity index (χ0) is 70.4. The normalized spacial score (nSPS) is 13.8. The maximum absolute atomic E-state index is 13.0. The van der Waals surface area contributed by atoms with E-state index in [0.717, 1.165) is 161 Å². The van der Waals surface area contributed by atoms with Crippen LogP contribution in [0.25, 0.3) is 0 Å². The molecule has 546 valence electrons. The molecule has 0 amide bonds. The molecule has 0 aromatic heterocycles. The quantitative estimate of drug-likeness (QED) is 0.0195. The van der Waals surface area contributed by atoms with Crippen molar-refractivity contribution in [2.24, 2.45) is 0 Å². The number of hydrogen-bond acceptors (Lipinski definition) is 8. The molecule has 0 bridgehead atoms. The van der Waals surface area contributed by atoms with Crippen molar-refractivity contribution < 1.29 is 42.9 Å². The van der Waals surface area contributed by atoms with Crippen LogP contribution < -0.4 is 5.11 Å². The molecule has 97 heavy (non-hydrogen) atoms. The van der Waals surface area contributed by atoms with E-state index in [2.05, 4.69) is 208 Å². The number of nitrogens with zero attached hydrogens (tertiary/aromatic N) is 1. The number of allylic oxidation sites excluding steroid dienone is 32. The molecule has 0 saturated carbocycles. The van der Waals surface area contributed by atoms with Crippen LogP contribution in [0.2, 0.25) is 0 Å². The first-order chi connectivity index (χ1) is 47.6. The Bertz CT molecular complexity index is 2310. The van der Waals surface area contributed by atoms with Crippen molar-refractivity contribution in [3.8, 4) is 0 Å². The van der Waals surface area contributed by atoms with Crippen LogP contribution in [0.1, 0.15) is 284 Å². The van der Waals surface area contributed by atoms with Crippen molar-refractivity contribution in [2.45, 2.75) is 296 Å². The lowest BCUT2D eigenvalue weighted by atomic mass is 10.0. The summed E-state index contributed by atoms with van der Waals surface area (Å²) >= 11 is 0. The number of quaternary nitrogens is 1. The first-order valence-corrected chi connectivity index (χ1v) is 38.6. The van der Waals surface area contributed by atoms with Crippen molar-refractivity contribution >= 4 is 17.9 Å². The summed E-state index contributed by atoms with van der Waals surface area (Å²) < 4.78 is 22.8. The Balaban J connectivity index is 4.13. The number of carboxylic acid groups (broad SMARTS) is 1. The minimum atomic E-state index is -1.64. The van der Waals surface area contributed by atoms with E-state index in [1.807, 2.05) is 21.1 Å². The molecule has 0 spiro atoms. The molecule has 0 aromatic carbocycles. The summed E-state index contributed by atoms with van der Waals surface area (Å²) in [5, 5.41) is 11.9. The van der Waals surface area contributed by atoms with Crippen LogP contribution in [0, 0.1) is 0 Å². The number of carbonyl (C=O) groups excluding carboxylic acids is 3. The highest BCUT2D eigenvalue weighted by Gasteiger charge is 2.22. The number of esters is 2. The van der Waals surface area contributed by atoms with Gasteiger partial charge in [0.05, 0.1) is 40.3 Å². The number of carbonyl (C=O) groups is 3. The van der Waals surface area contributed by atoms with Crippen molar-refractivity contribution in [1.82, 2.24) is 0 Å². The van der Waals surface area contributed by atoms with Crippen molar-refractivity contribution in [1.29, 1.82) is 0 Å². The number of rotatable bonds is 69. The van der Waals surface area contributed by atoms with Gasteiger partial charge in [0, 0.05) is 12.8 Å². The molecule has 0 heterocycles. The van der Waals surface area contributed by atoms with Gasteiger partial charge < -0.3 is 33.3 Å². The largest absolute Gasteiger partial charge is 0.545 e. The third-order valence-corrected chi connectivity index (χ3v) is 15.8. The Morgan fingerprint density at radius 2 is 0.557 bits per heavy atom. The fourth-order valence-corrected chi connectivity index (χ4v) is 10.0. The van der Waals surface area contributed by atoms with Crippen molar-refractivity contribution in [3.05, 3.63) is 194 Å². The summed E-state index contributed by atoms with van der Waals surface area (Å²) in [7, 11) is 5.92. The molecular formula is C88H141NO8. The van der Waals surface area contributed by atoms with Crippen LogP contribution in [0.4, 0.5) is 0 Å². The predicted molar refractivity (Wildman–Crippen MR) is 416 cm³/mol. The smallest absolute Gasteiger partial charge is 0.306 e. The highest BCUT2D eigenvalue weighted by atomic mass is 16.7. The Morgan fingerprint density at radius 1 is 0.309 bits per heavy atom. The fraction of sp³-hybridized carbons (Fsp3) is 0.602. The number of likely N-dealkylation sites (N-methyl/N-ethyl adjacent to an activating group) is 1. The second-order valence-electron chi connectivity index (χ2n) is 26.2. The monoisotopic (exact) mass is 1340 g/mol. The zero-order valence-electron chi connectivity index (χ0n) is 62.4. The van der Waals surface area contributed by atoms with Gasteiger partial charge in [-0.25, -0.2) is 0 Å². The predicted octanol–water partition coefficient (Wildman–Crippen LogP) is 23.6. The number of hydrogen-bond donors (Lipinski definition) is 0. The van der Waals surface area contributed by atoms with E-state index in [-0.39, 0.29) is 38.6 Å². The average Bonchev–Trinajstić information content (AvgIpc) is 3.27. The van der Waals surface area contributed by atoms with E-state index >= 15 is 0 Å². The first kappa shape index (κ1) is 91.1. The van der Waals surface area contributed by atoms with Crippen LogP contribution in [-0.2, 0) is 33.3 Å². The molecule has 0 saturated heterocycles. The van der Waals surface area contributed by atoms with Gasteiger partial charge in [-0.2, -0.15) is 0 Å². The average molecular weight is 1340 g/mol. The van der Waals surface area contributed by atoms with Crippen LogP contribution >= 0.6 is 0 Å². The van der Waals surface area contributed by atoms with E-state index in [9.17, 15) is 19.5 Å². The third-order valence-electron chi connectivity index (χ3n) is 15.8. The van der Waals surface area contributed by atoms with Gasteiger partial charge in [0.15, 0.2) is 12.4 Å². The lowest BCUT2D eigenvalue weighted by Gasteiger charge is -2.26. The Labute approximate surface area is 595 Å². The number of carboxylic acids is 1. The van der Waals surface area contributed by atoms with Gasteiger partial charge in [-0.15, -0.1) is 0 Å². The highest BCUT2D eigenvalue weighted by molar-refractivity contribution is 5.70. The molecule has 0 aromatic rings. The number of unbranched alkanes of at least 4 members (excludes halogenated alkanes) is 22. The van der Waals surface area contributed by atoms with E-state index in [1.165, 1.54) is 83.5 Å². The minimum Gasteiger partial charge on any atom is -0.545 e. The van der Waals surface area contributed by atoms with Crippen molar-refractivity contribution in [3.63, 3.8) is 0 Å². The van der Waals surface area contributed by atoms with Gasteiger partial charge in [0.1, 0.15) is 13.2 Å². The fourth-order valence-electron chi connectivity index (χ4n) is 10.0. The molecule has 0 N–H and O–H groups in total. The Kier molecular flexibility index (Phi) is 71.3. The van der Waals surface area contributed by atoms with Gasteiger partial charge in [-0.05, 0) is 141 Å². The summed E-state index contributed by atoms with van der Waals surface area (Å²) in [5.41, 5.74) is 0. The van der Waals surface area contributed by atoms with E-state index in [1.54, 1.807) is 0 Å². The molecule has 0 aliphatic heterocycles. The SMILES string of the molecule is CC/C=C\C/C=C\C/C=C\C/C=C\C/C=C\C/C=C\C/C=C\C/C=C\CCCCCCCCCCCCCCCCCCC(=O)OC(COC(=O)CCCCCCCC/C=C\C/C=C\C/C=C\C/C=C\C/C=C\C/C=C\C/C=C\C/C=C\CC)COC(OCC[N+](C)(C)C)C(=O)[O-]. The number of aliphatic carboxylic acids is 1. The first-order valence-electron chi connectivity index (χ1n) is 38.6. The van der Waals surface area contributed by atoms with Gasteiger partial charge in [-0.3, -0.25) is 9.59 Å². The molecule has 0 aliphatic carbocycles. The maximum atomic E-state index is 13.0. The van der Waals surface area contributed by atoms with E-state index in [0.29, 0.717) is 23.9 Å². The van der Waals surface area contributed by atoms with Gasteiger partial charge in [-0.1, -0.05) is 324 Å². The lowest BCUT2D eigenvalue weighted by molar-refractivity contribution is -0.870. The summed E-state index contributed by atoms with van der Waals surface area (Å²) in [6.45, 7) is 4.49. The maximum Gasteiger partial charge on any atom is 0.306 e. The standard InChI is InChI=1S/C88H141NO8/c1-6-8-10-12-14-16-18-20-22-24-26-28-30-32-34-36-38-39-40-41-42-43-44-45-46-47-49-51-53-55-57-59-61-63-65-67-69-71-73-75-77-79-86(91)97-84(83-96-88(87(92)93)94-81-80-89(3,4)5)82-95-85(90)78-76-74-72-70-68-66-64-62-60-58-56-54-52-50-48-37-35-33-31-29-27-25-23-21-19-17-15-13-11-9-7-2/h8-11,14-17,20-23,26-29,32-35,38-39,41-42,44-45,48,50,54,56,60,62,84,88H,6-7,12-13,18-19,24-25,30-31,36-37,40,43,46-47,49,51-53,55,57-59,61,63-83H2,1-5H3/b10-8-,11-9-,16-14-,17-15-,22-20-,23-21-,28-26-,29-27-,34-32-,35-33-,39-38-,42-41-,45-44-,50-48-,56-54-,62-60-. The lowest BCUT2D eigenvalue weighted by Crippen LogP contribution is -2.44. The molecule has 0 rings (SSSR count).